The first-order valence-corrected chi connectivity index (χ1v) is 7.99. The second-order valence-electron chi connectivity index (χ2n) is 6.35. The standard InChI is InChI=1S/C17H18O9/c1-4-8(18)22-6-9(19)24-14-12-10(16(20)23-5-7(2)3)11-13(25-12)15(14)26-17(11)21/h4,10-15H,1-2,5-6H2,3H3. The highest BCUT2D eigenvalue weighted by Crippen LogP contribution is 2.51. The van der Waals surface area contributed by atoms with Crippen molar-refractivity contribution in [3.05, 3.63) is 24.8 Å². The van der Waals surface area contributed by atoms with Gasteiger partial charge in [0.1, 0.15) is 30.7 Å². The van der Waals surface area contributed by atoms with Crippen molar-refractivity contribution in [3.63, 3.8) is 0 Å². The molecule has 0 aromatic rings. The van der Waals surface area contributed by atoms with Crippen molar-refractivity contribution >= 4 is 23.9 Å². The van der Waals surface area contributed by atoms with Gasteiger partial charge in [0.25, 0.3) is 0 Å². The highest BCUT2D eigenvalue weighted by Gasteiger charge is 2.72. The van der Waals surface area contributed by atoms with Crippen molar-refractivity contribution < 1.29 is 42.9 Å². The molecule has 6 atom stereocenters. The molecule has 140 valence electrons. The molecule has 3 rings (SSSR count). The van der Waals surface area contributed by atoms with Gasteiger partial charge in [-0.2, -0.15) is 0 Å². The van der Waals surface area contributed by atoms with Crippen LogP contribution in [0.4, 0.5) is 0 Å². The van der Waals surface area contributed by atoms with Gasteiger partial charge >= 0.3 is 23.9 Å². The molecule has 3 aliphatic rings. The molecular weight excluding hydrogens is 348 g/mol. The van der Waals surface area contributed by atoms with Gasteiger partial charge in [-0.25, -0.2) is 9.59 Å². The zero-order chi connectivity index (χ0) is 19.0. The van der Waals surface area contributed by atoms with Gasteiger partial charge in [0.15, 0.2) is 18.8 Å². The van der Waals surface area contributed by atoms with Crippen LogP contribution in [-0.2, 0) is 42.9 Å². The minimum atomic E-state index is -0.972. The summed E-state index contributed by atoms with van der Waals surface area (Å²) in [6.45, 7) is 7.93. The number of carbonyl (C=O) groups excluding carboxylic acids is 4. The molecule has 9 nitrogen and oxygen atoms in total. The highest BCUT2D eigenvalue weighted by molar-refractivity contribution is 5.87. The van der Waals surface area contributed by atoms with Gasteiger partial charge < -0.3 is 23.7 Å². The summed E-state index contributed by atoms with van der Waals surface area (Å²) in [7, 11) is 0. The molecule has 6 unspecified atom stereocenters. The zero-order valence-corrected chi connectivity index (χ0v) is 14.0. The van der Waals surface area contributed by atoms with E-state index in [0.717, 1.165) is 6.08 Å². The molecule has 3 heterocycles. The Morgan fingerprint density at radius 2 is 1.88 bits per heavy atom. The summed E-state index contributed by atoms with van der Waals surface area (Å²) < 4.78 is 25.9. The Balaban J connectivity index is 1.69. The van der Waals surface area contributed by atoms with E-state index in [9.17, 15) is 19.2 Å². The van der Waals surface area contributed by atoms with Crippen LogP contribution in [0.1, 0.15) is 6.92 Å². The average Bonchev–Trinajstić information content (AvgIpc) is 3.21. The summed E-state index contributed by atoms with van der Waals surface area (Å²) in [4.78, 5) is 47.4. The number of esters is 4. The van der Waals surface area contributed by atoms with Crippen LogP contribution in [0.2, 0.25) is 0 Å². The third-order valence-corrected chi connectivity index (χ3v) is 4.40. The number of hydrogen-bond acceptors (Lipinski definition) is 9. The van der Waals surface area contributed by atoms with E-state index >= 15 is 0 Å². The zero-order valence-electron chi connectivity index (χ0n) is 14.0. The molecule has 3 fully saturated rings. The first-order valence-electron chi connectivity index (χ1n) is 7.99. The van der Waals surface area contributed by atoms with Crippen LogP contribution in [0, 0.1) is 11.8 Å². The van der Waals surface area contributed by atoms with Crippen molar-refractivity contribution in [3.8, 4) is 0 Å². The summed E-state index contributed by atoms with van der Waals surface area (Å²) in [5, 5.41) is 0. The maximum absolute atomic E-state index is 12.4. The van der Waals surface area contributed by atoms with E-state index < -0.39 is 66.7 Å². The minimum absolute atomic E-state index is 0.0138. The van der Waals surface area contributed by atoms with Crippen molar-refractivity contribution in [2.45, 2.75) is 31.3 Å². The Bertz CT molecular complexity index is 682. The smallest absolute Gasteiger partial charge is 0.344 e. The van der Waals surface area contributed by atoms with Gasteiger partial charge in [-0.3, -0.25) is 9.59 Å². The van der Waals surface area contributed by atoms with E-state index in [0.29, 0.717) is 5.57 Å². The summed E-state index contributed by atoms with van der Waals surface area (Å²) in [5.74, 6) is -4.57. The Morgan fingerprint density at radius 1 is 1.15 bits per heavy atom. The van der Waals surface area contributed by atoms with Gasteiger partial charge in [-0.05, 0) is 12.5 Å². The number of fused-ring (bicyclic) bond motifs is 1. The molecule has 9 heteroatoms. The highest BCUT2D eigenvalue weighted by atomic mass is 16.7. The predicted molar refractivity (Wildman–Crippen MR) is 82.3 cm³/mol. The van der Waals surface area contributed by atoms with Gasteiger partial charge in [0, 0.05) is 6.08 Å². The van der Waals surface area contributed by atoms with Crippen LogP contribution in [0.25, 0.3) is 0 Å². The van der Waals surface area contributed by atoms with Crippen LogP contribution in [0.5, 0.6) is 0 Å². The molecular formula is C17H18O9. The fraction of sp³-hybridized carbons (Fsp3) is 0.529. The molecule has 3 saturated heterocycles. The van der Waals surface area contributed by atoms with E-state index in [1.54, 1.807) is 6.92 Å². The molecule has 0 radical (unpaired) electrons. The lowest BCUT2D eigenvalue weighted by Gasteiger charge is -2.27. The molecule has 0 amide bonds. The van der Waals surface area contributed by atoms with Crippen LogP contribution in [0.15, 0.2) is 24.8 Å². The van der Waals surface area contributed by atoms with Crippen molar-refractivity contribution in [1.29, 1.82) is 0 Å². The van der Waals surface area contributed by atoms with E-state index in [1.807, 2.05) is 0 Å². The number of rotatable bonds is 7. The average molecular weight is 366 g/mol. The predicted octanol–water partition coefficient (Wildman–Crippen LogP) is -0.314. The fourth-order valence-corrected chi connectivity index (χ4v) is 3.40. The topological polar surface area (TPSA) is 114 Å². The van der Waals surface area contributed by atoms with Crippen molar-refractivity contribution in [2.24, 2.45) is 11.8 Å². The van der Waals surface area contributed by atoms with Crippen molar-refractivity contribution in [1.82, 2.24) is 0 Å². The quantitative estimate of drug-likeness (QED) is 0.259. The van der Waals surface area contributed by atoms with Gasteiger partial charge in [0.2, 0.25) is 0 Å². The first kappa shape index (κ1) is 18.1. The second-order valence-corrected chi connectivity index (χ2v) is 6.35. The molecule has 0 spiro atoms. The lowest BCUT2D eigenvalue weighted by molar-refractivity contribution is -0.169. The molecule has 26 heavy (non-hydrogen) atoms. The first-order chi connectivity index (χ1) is 12.3. The number of carbonyl (C=O) groups is 4. The molecule has 2 bridgehead atoms. The molecule has 0 N–H and O–H groups in total. The van der Waals surface area contributed by atoms with Crippen LogP contribution < -0.4 is 0 Å². The Morgan fingerprint density at radius 3 is 2.54 bits per heavy atom. The molecule has 0 aromatic heterocycles. The number of ether oxygens (including phenoxy) is 5. The number of hydrogen-bond donors (Lipinski definition) is 0. The van der Waals surface area contributed by atoms with Gasteiger partial charge in [0.05, 0.1) is 0 Å². The molecule has 0 saturated carbocycles. The van der Waals surface area contributed by atoms with Crippen molar-refractivity contribution in [2.75, 3.05) is 13.2 Å². The maximum atomic E-state index is 12.4. The van der Waals surface area contributed by atoms with Crippen LogP contribution >= 0.6 is 0 Å². The van der Waals surface area contributed by atoms with Crippen LogP contribution in [0.3, 0.4) is 0 Å². The Hall–Kier alpha value is -2.68. The fourth-order valence-electron chi connectivity index (χ4n) is 3.40. The van der Waals surface area contributed by atoms with E-state index in [2.05, 4.69) is 17.9 Å². The Kier molecular flexibility index (Phi) is 4.82. The summed E-state index contributed by atoms with van der Waals surface area (Å²) in [5.41, 5.74) is 0.640. The summed E-state index contributed by atoms with van der Waals surface area (Å²) >= 11 is 0. The van der Waals surface area contributed by atoms with E-state index in [1.165, 1.54) is 0 Å². The van der Waals surface area contributed by atoms with E-state index in [4.69, 9.17) is 18.9 Å². The third kappa shape index (κ3) is 3.10. The monoisotopic (exact) mass is 366 g/mol. The summed E-state index contributed by atoms with van der Waals surface area (Å²) in [6, 6.07) is 0. The normalized spacial score (nSPS) is 33.3. The second kappa shape index (κ2) is 6.91. The summed E-state index contributed by atoms with van der Waals surface area (Å²) in [6.07, 6.45) is -2.39. The molecule has 3 aliphatic heterocycles. The van der Waals surface area contributed by atoms with Gasteiger partial charge in [-0.1, -0.05) is 13.2 Å². The lowest BCUT2D eigenvalue weighted by Crippen LogP contribution is -2.48. The minimum Gasteiger partial charge on any atom is -0.461 e. The largest absolute Gasteiger partial charge is 0.461 e. The SMILES string of the molecule is C=CC(=O)OCC(=O)OC1C2OC(=O)C3C2OC1C3C(=O)OCC(=C)C. The molecule has 0 aromatic carbocycles. The Labute approximate surface area is 148 Å². The van der Waals surface area contributed by atoms with Gasteiger partial charge in [-0.15, -0.1) is 0 Å². The third-order valence-electron chi connectivity index (χ3n) is 4.40. The van der Waals surface area contributed by atoms with E-state index in [-0.39, 0.29) is 6.61 Å². The van der Waals surface area contributed by atoms with Crippen LogP contribution in [-0.4, -0.2) is 61.5 Å². The maximum Gasteiger partial charge on any atom is 0.344 e. The lowest BCUT2D eigenvalue weighted by atomic mass is 9.78. The molecule has 0 aliphatic carbocycles.